The summed E-state index contributed by atoms with van der Waals surface area (Å²) in [7, 11) is 0. The lowest BCUT2D eigenvalue weighted by Crippen LogP contribution is -2.09. The van der Waals surface area contributed by atoms with Crippen LogP contribution in [0.2, 0.25) is 0 Å². The Kier molecular flexibility index (Phi) is 5.32. The van der Waals surface area contributed by atoms with E-state index in [4.69, 9.17) is 0 Å². The van der Waals surface area contributed by atoms with Gasteiger partial charge in [-0.15, -0.1) is 0 Å². The minimum Gasteiger partial charge on any atom is -0.385 e. The van der Waals surface area contributed by atoms with E-state index in [0.29, 0.717) is 0 Å². The highest BCUT2D eigenvalue weighted by molar-refractivity contribution is 5.89. The van der Waals surface area contributed by atoms with Crippen LogP contribution in [0.4, 0.5) is 15.8 Å². The van der Waals surface area contributed by atoms with E-state index < -0.39 is 5.82 Å². The molecule has 1 amide bonds. The Morgan fingerprint density at radius 2 is 1.90 bits per heavy atom. The van der Waals surface area contributed by atoms with Crippen LogP contribution in [0.3, 0.4) is 0 Å². The average molecular weight is 286 g/mol. The summed E-state index contributed by atoms with van der Waals surface area (Å²) in [6.45, 7) is 2.15. The van der Waals surface area contributed by atoms with Gasteiger partial charge in [-0.2, -0.15) is 0 Å². The summed E-state index contributed by atoms with van der Waals surface area (Å²) in [5.74, 6) is -0.713. The molecule has 2 N–H and O–H groups in total. The van der Waals surface area contributed by atoms with Gasteiger partial charge in [0.2, 0.25) is 5.91 Å². The molecule has 0 saturated carbocycles. The highest BCUT2D eigenvalue weighted by Crippen LogP contribution is 2.19. The van der Waals surface area contributed by atoms with Crippen LogP contribution in [0, 0.1) is 5.82 Å². The van der Waals surface area contributed by atoms with E-state index in [2.05, 4.69) is 22.8 Å². The third-order valence-corrected chi connectivity index (χ3v) is 3.09. The lowest BCUT2D eigenvalue weighted by atomic mass is 10.1. The topological polar surface area (TPSA) is 41.1 Å². The molecule has 0 radical (unpaired) electrons. The monoisotopic (exact) mass is 286 g/mol. The summed E-state index contributed by atoms with van der Waals surface area (Å²) >= 11 is 0. The highest BCUT2D eigenvalue weighted by Gasteiger charge is 2.04. The smallest absolute Gasteiger partial charge is 0.221 e. The molecule has 0 bridgehead atoms. The summed E-state index contributed by atoms with van der Waals surface area (Å²) in [5.41, 5.74) is 2.31. The van der Waals surface area contributed by atoms with Crippen LogP contribution in [0.25, 0.3) is 0 Å². The van der Waals surface area contributed by atoms with Crippen LogP contribution in [-0.4, -0.2) is 12.5 Å². The second-order valence-electron chi connectivity index (χ2n) is 4.89. The molecule has 2 aromatic rings. The zero-order valence-corrected chi connectivity index (χ0v) is 12.0. The lowest BCUT2D eigenvalue weighted by molar-refractivity contribution is -0.114. The van der Waals surface area contributed by atoms with Crippen molar-refractivity contribution in [3.63, 3.8) is 0 Å². The summed E-state index contributed by atoms with van der Waals surface area (Å²) in [4.78, 5) is 11.0. The number of anilines is 2. The average Bonchev–Trinajstić information content (AvgIpc) is 2.47. The first-order valence-corrected chi connectivity index (χ1v) is 7.00. The Balaban J connectivity index is 1.84. The molecule has 0 saturated heterocycles. The molecule has 0 aliphatic rings. The van der Waals surface area contributed by atoms with Crippen LogP contribution in [-0.2, 0) is 11.2 Å². The number of carbonyl (C=O) groups excluding carboxylic acids is 1. The Morgan fingerprint density at radius 3 is 2.62 bits per heavy atom. The van der Waals surface area contributed by atoms with E-state index in [-0.39, 0.29) is 11.6 Å². The largest absolute Gasteiger partial charge is 0.385 e. The van der Waals surface area contributed by atoms with Crippen molar-refractivity contribution in [3.8, 4) is 0 Å². The predicted molar refractivity (Wildman–Crippen MR) is 84.0 cm³/mol. The van der Waals surface area contributed by atoms with Gasteiger partial charge in [-0.25, -0.2) is 4.39 Å². The van der Waals surface area contributed by atoms with E-state index in [9.17, 15) is 9.18 Å². The van der Waals surface area contributed by atoms with Crippen LogP contribution >= 0.6 is 0 Å². The van der Waals surface area contributed by atoms with Gasteiger partial charge in [-0.05, 0) is 36.6 Å². The maximum absolute atomic E-state index is 13.5. The van der Waals surface area contributed by atoms with Gasteiger partial charge in [0.25, 0.3) is 0 Å². The Morgan fingerprint density at radius 1 is 1.14 bits per heavy atom. The van der Waals surface area contributed by atoms with Gasteiger partial charge in [0.15, 0.2) is 0 Å². The molecule has 0 spiro atoms. The van der Waals surface area contributed by atoms with Gasteiger partial charge in [-0.1, -0.05) is 30.3 Å². The Bertz CT molecular complexity index is 599. The molecule has 4 heteroatoms. The SMILES string of the molecule is CC(=O)Nc1cc(NCCCc2ccccc2)ccc1F. The summed E-state index contributed by atoms with van der Waals surface area (Å²) in [6, 6.07) is 14.9. The molecule has 110 valence electrons. The van der Waals surface area contributed by atoms with Crippen molar-refractivity contribution < 1.29 is 9.18 Å². The number of aryl methyl sites for hydroxylation is 1. The highest BCUT2D eigenvalue weighted by atomic mass is 19.1. The zero-order chi connectivity index (χ0) is 15.1. The molecule has 2 rings (SSSR count). The molecular weight excluding hydrogens is 267 g/mol. The third-order valence-electron chi connectivity index (χ3n) is 3.09. The van der Waals surface area contributed by atoms with Crippen molar-refractivity contribution in [2.45, 2.75) is 19.8 Å². The molecule has 0 aromatic heterocycles. The molecule has 0 fully saturated rings. The molecular formula is C17H19FN2O. The van der Waals surface area contributed by atoms with Crippen LogP contribution in [0.5, 0.6) is 0 Å². The summed E-state index contributed by atoms with van der Waals surface area (Å²) < 4.78 is 13.5. The van der Waals surface area contributed by atoms with E-state index in [1.807, 2.05) is 18.2 Å². The van der Waals surface area contributed by atoms with E-state index in [1.165, 1.54) is 18.6 Å². The van der Waals surface area contributed by atoms with Gasteiger partial charge < -0.3 is 10.6 Å². The third kappa shape index (κ3) is 4.91. The van der Waals surface area contributed by atoms with Gasteiger partial charge >= 0.3 is 0 Å². The number of rotatable bonds is 6. The molecule has 21 heavy (non-hydrogen) atoms. The normalized spacial score (nSPS) is 10.2. The van der Waals surface area contributed by atoms with Gasteiger partial charge in [0.1, 0.15) is 5.82 Å². The zero-order valence-electron chi connectivity index (χ0n) is 12.0. The molecule has 0 aliphatic carbocycles. The first kappa shape index (κ1) is 15.0. The van der Waals surface area contributed by atoms with Crippen LogP contribution < -0.4 is 10.6 Å². The van der Waals surface area contributed by atoms with Crippen LogP contribution in [0.1, 0.15) is 18.9 Å². The fraction of sp³-hybridized carbons (Fsp3) is 0.235. The van der Waals surface area contributed by atoms with Gasteiger partial charge in [0.05, 0.1) is 5.69 Å². The van der Waals surface area contributed by atoms with Crippen molar-refractivity contribution in [1.29, 1.82) is 0 Å². The molecule has 0 unspecified atom stereocenters. The second kappa shape index (κ2) is 7.43. The van der Waals surface area contributed by atoms with E-state index >= 15 is 0 Å². The number of carbonyl (C=O) groups is 1. The Hall–Kier alpha value is -2.36. The first-order chi connectivity index (χ1) is 10.1. The standard InChI is InChI=1S/C17H19FN2O/c1-13(21)20-17-12-15(9-10-16(17)18)19-11-5-8-14-6-3-2-4-7-14/h2-4,6-7,9-10,12,19H,5,8,11H2,1H3,(H,20,21). The molecule has 0 atom stereocenters. The first-order valence-electron chi connectivity index (χ1n) is 7.00. The number of benzene rings is 2. The van der Waals surface area contributed by atoms with Gasteiger partial charge in [0, 0.05) is 19.2 Å². The van der Waals surface area contributed by atoms with Crippen LogP contribution in [0.15, 0.2) is 48.5 Å². The van der Waals surface area contributed by atoms with E-state index in [1.54, 1.807) is 12.1 Å². The lowest BCUT2D eigenvalue weighted by Gasteiger charge is -2.09. The van der Waals surface area contributed by atoms with Crippen molar-refractivity contribution in [3.05, 3.63) is 59.9 Å². The number of halogens is 1. The number of hydrogen-bond donors (Lipinski definition) is 2. The fourth-order valence-electron chi connectivity index (χ4n) is 2.09. The predicted octanol–water partition coefficient (Wildman–Crippen LogP) is 3.83. The van der Waals surface area contributed by atoms with E-state index in [0.717, 1.165) is 25.1 Å². The second-order valence-corrected chi connectivity index (χ2v) is 4.89. The molecule has 0 heterocycles. The Labute approximate surface area is 124 Å². The summed E-state index contributed by atoms with van der Waals surface area (Å²) in [5, 5.41) is 5.71. The minimum absolute atomic E-state index is 0.204. The van der Waals surface area contributed by atoms with Crippen molar-refractivity contribution >= 4 is 17.3 Å². The number of hydrogen-bond acceptors (Lipinski definition) is 2. The van der Waals surface area contributed by atoms with Crippen molar-refractivity contribution in [2.75, 3.05) is 17.2 Å². The molecule has 2 aromatic carbocycles. The minimum atomic E-state index is -0.431. The quantitative estimate of drug-likeness (QED) is 0.792. The van der Waals surface area contributed by atoms with Crippen molar-refractivity contribution in [2.24, 2.45) is 0 Å². The number of amides is 1. The van der Waals surface area contributed by atoms with Crippen molar-refractivity contribution in [1.82, 2.24) is 0 Å². The maximum atomic E-state index is 13.5. The maximum Gasteiger partial charge on any atom is 0.221 e. The summed E-state index contributed by atoms with van der Waals surface area (Å²) in [6.07, 6.45) is 1.98. The molecule has 0 aliphatic heterocycles. The van der Waals surface area contributed by atoms with Gasteiger partial charge in [-0.3, -0.25) is 4.79 Å². The molecule has 3 nitrogen and oxygen atoms in total. The number of nitrogens with one attached hydrogen (secondary N) is 2. The fourth-order valence-corrected chi connectivity index (χ4v) is 2.09.